The third-order valence-electron chi connectivity index (χ3n) is 3.95. The first-order valence-electron chi connectivity index (χ1n) is 8.09. The van der Waals surface area contributed by atoms with Crippen LogP contribution in [-0.4, -0.2) is 41.0 Å². The Bertz CT molecular complexity index is 753. The predicted octanol–water partition coefficient (Wildman–Crippen LogP) is 4.84. The monoisotopic (exact) mass is 613 g/mol. The Hall–Kier alpha value is -0.170. The molecule has 1 amide bonds. The summed E-state index contributed by atoms with van der Waals surface area (Å²) in [6, 6.07) is 4.02. The Labute approximate surface area is 190 Å². The second-order valence-electron chi connectivity index (χ2n) is 5.84. The summed E-state index contributed by atoms with van der Waals surface area (Å²) in [5, 5.41) is 0. The van der Waals surface area contributed by atoms with E-state index >= 15 is 0 Å². The lowest BCUT2D eigenvalue weighted by molar-refractivity contribution is -0.123. The van der Waals surface area contributed by atoms with Crippen LogP contribution in [0.3, 0.4) is 0 Å². The summed E-state index contributed by atoms with van der Waals surface area (Å²) in [5.74, 6) is 0.807. The molecule has 0 spiro atoms. The fraction of sp³-hybridized carbons (Fsp3) is 0.333. The van der Waals surface area contributed by atoms with Crippen LogP contribution in [0.1, 0.15) is 18.4 Å². The zero-order valence-electron chi connectivity index (χ0n) is 13.9. The quantitative estimate of drug-likeness (QED) is 0.199. The normalized spacial score (nSPS) is 21.7. The van der Waals surface area contributed by atoms with Crippen molar-refractivity contribution in [1.29, 1.82) is 0 Å². The molecule has 0 bridgehead atoms. The summed E-state index contributed by atoms with van der Waals surface area (Å²) in [6.07, 6.45) is 5.75. The van der Waals surface area contributed by atoms with Gasteiger partial charge in [0.15, 0.2) is 0 Å². The van der Waals surface area contributed by atoms with E-state index in [0.29, 0.717) is 22.4 Å². The molecule has 1 atom stereocenters. The minimum absolute atomic E-state index is 0.0347. The van der Waals surface area contributed by atoms with Crippen molar-refractivity contribution in [3.8, 4) is 5.75 Å². The summed E-state index contributed by atoms with van der Waals surface area (Å²) >= 11 is 11.3. The van der Waals surface area contributed by atoms with Gasteiger partial charge in [-0.25, -0.2) is 0 Å². The molecule has 1 aromatic rings. The minimum atomic E-state index is -0.0347. The number of ether oxygens (including phenoxy) is 2. The molecule has 2 fully saturated rings. The molecule has 2 heterocycles. The van der Waals surface area contributed by atoms with Gasteiger partial charge in [0.25, 0.3) is 5.91 Å². The molecule has 1 aromatic carbocycles. The number of amides is 1. The highest BCUT2D eigenvalue weighted by molar-refractivity contribution is 14.1. The molecule has 2 aliphatic heterocycles. The molecular weight excluding hydrogens is 596 g/mol. The fourth-order valence-electron chi connectivity index (χ4n) is 2.74. The van der Waals surface area contributed by atoms with Crippen LogP contribution in [0.5, 0.6) is 5.75 Å². The molecule has 3 rings (SSSR count). The van der Waals surface area contributed by atoms with Gasteiger partial charge in [0.05, 0.1) is 24.7 Å². The molecule has 0 N–H and O–H groups in total. The van der Waals surface area contributed by atoms with E-state index < -0.39 is 0 Å². The summed E-state index contributed by atoms with van der Waals surface area (Å²) in [7, 11) is 0. The molecule has 0 aromatic heterocycles. The van der Waals surface area contributed by atoms with Crippen molar-refractivity contribution in [1.82, 2.24) is 4.90 Å². The van der Waals surface area contributed by atoms with Gasteiger partial charge in [0.2, 0.25) is 0 Å². The Balaban J connectivity index is 1.78. The third-order valence-corrected chi connectivity index (χ3v) is 6.93. The highest BCUT2D eigenvalue weighted by Gasteiger charge is 2.34. The van der Waals surface area contributed by atoms with Crippen LogP contribution in [0, 0.1) is 7.14 Å². The first kappa shape index (κ1) is 20.6. The van der Waals surface area contributed by atoms with Gasteiger partial charge < -0.3 is 9.47 Å². The highest BCUT2D eigenvalue weighted by Crippen LogP contribution is 2.35. The van der Waals surface area contributed by atoms with Crippen LogP contribution in [0.25, 0.3) is 6.08 Å². The molecule has 26 heavy (non-hydrogen) atoms. The van der Waals surface area contributed by atoms with Crippen LogP contribution < -0.4 is 4.74 Å². The maximum absolute atomic E-state index is 12.7. The van der Waals surface area contributed by atoms with Crippen LogP contribution in [-0.2, 0) is 9.53 Å². The van der Waals surface area contributed by atoms with Crippen LogP contribution in [0.4, 0.5) is 0 Å². The number of hydrogen-bond donors (Lipinski definition) is 0. The van der Waals surface area contributed by atoms with Crippen LogP contribution in [0.15, 0.2) is 29.7 Å². The number of nitrogens with zero attached hydrogens (tertiary/aromatic N) is 1. The molecule has 0 saturated carbocycles. The van der Waals surface area contributed by atoms with E-state index in [2.05, 4.69) is 51.8 Å². The van der Waals surface area contributed by atoms with Gasteiger partial charge in [0, 0.05) is 6.61 Å². The topological polar surface area (TPSA) is 38.8 Å². The van der Waals surface area contributed by atoms with Gasteiger partial charge in [-0.15, -0.1) is 0 Å². The number of benzene rings is 1. The molecule has 0 unspecified atom stereocenters. The molecular formula is C18H17I2NO3S2. The van der Waals surface area contributed by atoms with E-state index in [4.69, 9.17) is 21.7 Å². The summed E-state index contributed by atoms with van der Waals surface area (Å²) in [4.78, 5) is 15.1. The number of carbonyl (C=O) groups excluding carboxylic acids is 1. The third kappa shape index (κ3) is 4.81. The molecule has 2 aliphatic rings. The maximum atomic E-state index is 12.7. The SMILES string of the molecule is C=CCOc1c(I)cc(/C=C2\SC(=S)N(C[C@H]3CCCO3)C2=O)cc1I. The number of hydrogen-bond acceptors (Lipinski definition) is 5. The van der Waals surface area contributed by atoms with Gasteiger partial charge in [-0.05, 0) is 81.8 Å². The summed E-state index contributed by atoms with van der Waals surface area (Å²) in [5.41, 5.74) is 0.961. The van der Waals surface area contributed by atoms with Gasteiger partial charge in [-0.2, -0.15) is 0 Å². The van der Waals surface area contributed by atoms with E-state index in [1.54, 1.807) is 11.0 Å². The lowest BCUT2D eigenvalue weighted by Gasteiger charge is -2.18. The van der Waals surface area contributed by atoms with Gasteiger partial charge in [-0.1, -0.05) is 36.6 Å². The van der Waals surface area contributed by atoms with E-state index in [1.807, 2.05) is 18.2 Å². The zero-order valence-corrected chi connectivity index (χ0v) is 19.8. The Morgan fingerprint density at radius 2 is 2.15 bits per heavy atom. The predicted molar refractivity (Wildman–Crippen MR) is 126 cm³/mol. The van der Waals surface area contributed by atoms with E-state index in [9.17, 15) is 4.79 Å². The van der Waals surface area contributed by atoms with Crippen molar-refractivity contribution in [3.63, 3.8) is 0 Å². The molecule has 2 saturated heterocycles. The van der Waals surface area contributed by atoms with Crippen molar-refractivity contribution in [3.05, 3.63) is 42.4 Å². The fourth-order valence-corrected chi connectivity index (χ4v) is 6.15. The zero-order chi connectivity index (χ0) is 18.7. The molecule has 0 aliphatic carbocycles. The number of rotatable bonds is 6. The number of thioether (sulfide) groups is 1. The Morgan fingerprint density at radius 3 is 2.77 bits per heavy atom. The minimum Gasteiger partial charge on any atom is -0.487 e. The second kappa shape index (κ2) is 9.35. The lowest BCUT2D eigenvalue weighted by Crippen LogP contribution is -2.35. The Morgan fingerprint density at radius 1 is 1.42 bits per heavy atom. The van der Waals surface area contributed by atoms with Gasteiger partial charge in [0.1, 0.15) is 16.7 Å². The standard InChI is InChI=1S/C18H17I2NO3S2/c1-2-5-24-16-13(19)7-11(8-14(16)20)9-15-17(22)21(18(25)26-15)10-12-4-3-6-23-12/h2,7-9,12H,1,3-6,10H2/b15-9-/t12-/m1/s1. The van der Waals surface area contributed by atoms with E-state index in [-0.39, 0.29) is 12.0 Å². The molecule has 138 valence electrons. The average molecular weight is 613 g/mol. The number of halogens is 2. The van der Waals surface area contributed by atoms with E-state index in [0.717, 1.165) is 37.9 Å². The van der Waals surface area contributed by atoms with E-state index in [1.165, 1.54) is 11.8 Å². The van der Waals surface area contributed by atoms with Crippen LogP contribution >= 0.6 is 69.2 Å². The Kier molecular flexibility index (Phi) is 7.40. The molecule has 4 nitrogen and oxygen atoms in total. The smallest absolute Gasteiger partial charge is 0.266 e. The maximum Gasteiger partial charge on any atom is 0.266 e. The largest absolute Gasteiger partial charge is 0.487 e. The highest BCUT2D eigenvalue weighted by atomic mass is 127. The summed E-state index contributed by atoms with van der Waals surface area (Å²) < 4.78 is 13.9. The summed E-state index contributed by atoms with van der Waals surface area (Å²) in [6.45, 7) is 5.46. The number of carbonyl (C=O) groups is 1. The van der Waals surface area contributed by atoms with Gasteiger partial charge in [-0.3, -0.25) is 9.69 Å². The van der Waals surface area contributed by atoms with Crippen molar-refractivity contribution in [2.75, 3.05) is 19.8 Å². The van der Waals surface area contributed by atoms with Crippen molar-refractivity contribution in [2.24, 2.45) is 0 Å². The van der Waals surface area contributed by atoms with Gasteiger partial charge >= 0.3 is 0 Å². The lowest BCUT2D eigenvalue weighted by atomic mass is 10.2. The van der Waals surface area contributed by atoms with Crippen LogP contribution in [0.2, 0.25) is 0 Å². The first-order chi connectivity index (χ1) is 12.5. The second-order valence-corrected chi connectivity index (χ2v) is 9.84. The number of thiocarbonyl (C=S) groups is 1. The average Bonchev–Trinajstić information content (AvgIpc) is 3.19. The van der Waals surface area contributed by atoms with Crippen molar-refractivity contribution < 1.29 is 14.3 Å². The molecule has 8 heteroatoms. The molecule has 0 radical (unpaired) electrons. The first-order valence-corrected chi connectivity index (χ1v) is 11.5. The van der Waals surface area contributed by atoms with Crippen molar-refractivity contribution in [2.45, 2.75) is 18.9 Å². The van der Waals surface area contributed by atoms with Crippen molar-refractivity contribution >= 4 is 85.5 Å².